The number of thioether (sulfide) groups is 1. The van der Waals surface area contributed by atoms with Crippen LogP contribution in [0, 0.1) is 10.8 Å². The molecule has 0 unspecified atom stereocenters. The summed E-state index contributed by atoms with van der Waals surface area (Å²) in [4.78, 5) is 4.47. The van der Waals surface area contributed by atoms with Crippen LogP contribution in [0.15, 0.2) is 41.9 Å². The van der Waals surface area contributed by atoms with Crippen molar-refractivity contribution in [1.29, 1.82) is 10.8 Å². The summed E-state index contributed by atoms with van der Waals surface area (Å²) in [6.07, 6.45) is 1.78. The molecule has 0 atom stereocenters. The number of methoxy groups -OCH3 is 1. The first-order chi connectivity index (χ1) is 10.1. The minimum atomic E-state index is 0.257. The molecule has 1 aromatic heterocycles. The summed E-state index contributed by atoms with van der Waals surface area (Å²) in [5, 5.41) is 16.6. The van der Waals surface area contributed by atoms with E-state index in [0.717, 1.165) is 11.0 Å². The molecule has 1 aromatic carbocycles. The van der Waals surface area contributed by atoms with E-state index in [4.69, 9.17) is 10.8 Å². The molecular formula is C15H20N4OS. The molecule has 0 fully saturated rings. The molecule has 0 aliphatic rings. The van der Waals surface area contributed by atoms with Crippen molar-refractivity contribution in [2.24, 2.45) is 0 Å². The first kappa shape index (κ1) is 17.1. The molecule has 2 N–H and O–H groups in total. The molecule has 21 heavy (non-hydrogen) atoms. The number of ether oxygens (including phenoxy) is 1. The highest BCUT2D eigenvalue weighted by Gasteiger charge is 2.09. The van der Waals surface area contributed by atoms with Crippen LogP contribution in [0.3, 0.4) is 0 Å². The van der Waals surface area contributed by atoms with Gasteiger partial charge in [0.05, 0.1) is 11.0 Å². The van der Waals surface area contributed by atoms with E-state index in [2.05, 4.69) is 16.3 Å². The molecule has 0 saturated carbocycles. The number of nitrogens with zero attached hydrogens (tertiary/aromatic N) is 2. The second-order valence-corrected chi connectivity index (χ2v) is 5.19. The van der Waals surface area contributed by atoms with Crippen molar-refractivity contribution in [3.05, 3.63) is 42.4 Å². The predicted molar refractivity (Wildman–Crippen MR) is 88.2 cm³/mol. The van der Waals surface area contributed by atoms with Crippen LogP contribution in [-0.2, 0) is 4.74 Å². The van der Waals surface area contributed by atoms with Crippen LogP contribution in [0.25, 0.3) is 11.0 Å². The Bertz CT molecular complexity index is 694. The molecule has 112 valence electrons. The zero-order chi connectivity index (χ0) is 15.8. The van der Waals surface area contributed by atoms with Crippen molar-refractivity contribution >= 4 is 28.6 Å². The van der Waals surface area contributed by atoms with Gasteiger partial charge in [0.1, 0.15) is 10.9 Å². The van der Waals surface area contributed by atoms with Crippen LogP contribution >= 0.6 is 11.8 Å². The summed E-state index contributed by atoms with van der Waals surface area (Å²) in [6, 6.07) is 7.57. The third-order valence-electron chi connectivity index (χ3n) is 2.44. The molecule has 6 heteroatoms. The molecule has 2 aromatic rings. The first-order valence-electron chi connectivity index (χ1n) is 6.32. The third-order valence-corrected chi connectivity index (χ3v) is 3.40. The third kappa shape index (κ3) is 4.27. The zero-order valence-electron chi connectivity index (χ0n) is 12.5. The largest absolute Gasteiger partial charge is 0.388 e. The van der Waals surface area contributed by atoms with Crippen molar-refractivity contribution in [3.63, 3.8) is 0 Å². The maximum atomic E-state index is 8.14. The van der Waals surface area contributed by atoms with E-state index in [1.165, 1.54) is 11.8 Å². The van der Waals surface area contributed by atoms with E-state index in [1.807, 2.05) is 24.3 Å². The number of hydrogen-bond acceptors (Lipinski definition) is 5. The van der Waals surface area contributed by atoms with Crippen LogP contribution in [0.2, 0.25) is 0 Å². The smallest absolute Gasteiger partial charge is 0.164 e. The average molecular weight is 304 g/mol. The first-order valence-corrected chi connectivity index (χ1v) is 7.31. The molecule has 0 radical (unpaired) electrons. The Morgan fingerprint density at radius 1 is 1.43 bits per heavy atom. The van der Waals surface area contributed by atoms with Crippen LogP contribution in [-0.4, -0.2) is 35.4 Å². The van der Waals surface area contributed by atoms with Crippen molar-refractivity contribution < 1.29 is 4.74 Å². The zero-order valence-corrected chi connectivity index (χ0v) is 13.3. The highest BCUT2D eigenvalue weighted by atomic mass is 32.2. The lowest BCUT2D eigenvalue weighted by Gasteiger charge is -2.11. The number of hydrogen-bond donors (Lipinski definition) is 2. The molecule has 0 amide bonds. The Morgan fingerprint density at radius 3 is 2.62 bits per heavy atom. The Hall–Kier alpha value is -1.92. The maximum absolute atomic E-state index is 8.14. The van der Waals surface area contributed by atoms with Crippen molar-refractivity contribution in [1.82, 2.24) is 9.55 Å². The standard InChI is InChI=1S/C13H14N4S.C2H6O/c1-3-8-18-13-12(15)17(9(2)14)11-7-5-4-6-10(11)16-13;1-3-2/h3-7,14-15H,1,8H2,2H3;1-2H3. The fourth-order valence-electron chi connectivity index (χ4n) is 1.71. The Balaban J connectivity index is 0.000000677. The van der Waals surface area contributed by atoms with E-state index in [9.17, 15) is 0 Å². The van der Waals surface area contributed by atoms with Crippen molar-refractivity contribution in [2.75, 3.05) is 20.0 Å². The van der Waals surface area contributed by atoms with E-state index < -0.39 is 0 Å². The van der Waals surface area contributed by atoms with Crippen molar-refractivity contribution in [3.8, 4) is 0 Å². The van der Waals surface area contributed by atoms with Gasteiger partial charge in [-0.1, -0.05) is 30.0 Å². The second-order valence-electron chi connectivity index (χ2n) is 4.18. The van der Waals surface area contributed by atoms with Gasteiger partial charge < -0.3 is 4.74 Å². The summed E-state index contributed by atoms with van der Waals surface area (Å²) in [5.41, 5.74) is 1.85. The van der Waals surface area contributed by atoms with E-state index >= 15 is 0 Å². The molecule has 0 aliphatic carbocycles. The van der Waals surface area contributed by atoms with Crippen LogP contribution in [0.4, 0.5) is 0 Å². The summed E-state index contributed by atoms with van der Waals surface area (Å²) in [5.74, 6) is 1.02. The Labute approximate surface area is 128 Å². The molecular weight excluding hydrogens is 284 g/mol. The van der Waals surface area contributed by atoms with Gasteiger partial charge >= 0.3 is 0 Å². The number of fused-ring (bicyclic) bond motifs is 1. The minimum Gasteiger partial charge on any atom is -0.388 e. The van der Waals surface area contributed by atoms with Crippen molar-refractivity contribution in [2.45, 2.75) is 11.9 Å². The molecule has 0 saturated heterocycles. The number of para-hydroxylation sites is 2. The van der Waals surface area contributed by atoms with Crippen LogP contribution in [0.1, 0.15) is 6.92 Å². The van der Waals surface area contributed by atoms with Gasteiger partial charge in [0, 0.05) is 20.0 Å². The van der Waals surface area contributed by atoms with Crippen LogP contribution < -0.4 is 5.49 Å². The minimum absolute atomic E-state index is 0.257. The van der Waals surface area contributed by atoms with Gasteiger partial charge in [0.25, 0.3) is 0 Å². The van der Waals surface area contributed by atoms with Gasteiger partial charge in [-0.15, -0.1) is 6.58 Å². The maximum Gasteiger partial charge on any atom is 0.164 e. The summed E-state index contributed by atoms with van der Waals surface area (Å²) in [6.45, 7) is 5.34. The van der Waals surface area contributed by atoms with E-state index in [0.29, 0.717) is 16.6 Å². The topological polar surface area (TPSA) is 74.8 Å². The van der Waals surface area contributed by atoms with E-state index in [-0.39, 0.29) is 5.49 Å². The monoisotopic (exact) mass is 304 g/mol. The van der Waals surface area contributed by atoms with Gasteiger partial charge in [0.2, 0.25) is 0 Å². The lowest BCUT2D eigenvalue weighted by atomic mass is 10.3. The van der Waals surface area contributed by atoms with Gasteiger partial charge in [-0.3, -0.25) is 15.4 Å². The molecule has 5 nitrogen and oxygen atoms in total. The molecule has 0 spiro atoms. The van der Waals surface area contributed by atoms with Crippen LogP contribution in [0.5, 0.6) is 0 Å². The number of aromatic nitrogens is 2. The predicted octanol–water partition coefficient (Wildman–Crippen LogP) is 2.90. The molecule has 0 bridgehead atoms. The highest BCUT2D eigenvalue weighted by molar-refractivity contribution is 7.99. The summed E-state index contributed by atoms with van der Waals surface area (Å²) in [7, 11) is 3.25. The number of nitrogens with one attached hydrogen (secondary N) is 2. The van der Waals surface area contributed by atoms with Gasteiger partial charge in [-0.05, 0) is 19.1 Å². The summed E-state index contributed by atoms with van der Waals surface area (Å²) >= 11 is 1.46. The Kier molecular flexibility index (Phi) is 6.84. The molecule has 1 heterocycles. The normalized spacial score (nSPS) is 9.86. The van der Waals surface area contributed by atoms with Gasteiger partial charge in [0.15, 0.2) is 5.49 Å². The van der Waals surface area contributed by atoms with Gasteiger partial charge in [-0.25, -0.2) is 4.98 Å². The summed E-state index contributed by atoms with van der Waals surface area (Å²) < 4.78 is 5.85. The highest BCUT2D eigenvalue weighted by Crippen LogP contribution is 2.16. The number of benzene rings is 1. The van der Waals surface area contributed by atoms with Gasteiger partial charge in [-0.2, -0.15) is 0 Å². The number of rotatable bonds is 3. The lowest BCUT2D eigenvalue weighted by molar-refractivity contribution is 0.277. The van der Waals surface area contributed by atoms with E-state index in [1.54, 1.807) is 31.8 Å². The fourth-order valence-corrected chi connectivity index (χ4v) is 2.38. The lowest BCUT2D eigenvalue weighted by Crippen LogP contribution is -2.27. The fraction of sp³-hybridized carbons (Fsp3) is 0.267. The molecule has 2 rings (SSSR count). The second kappa shape index (κ2) is 8.39. The quantitative estimate of drug-likeness (QED) is 0.396. The average Bonchev–Trinajstić information content (AvgIpc) is 2.45. The SMILES string of the molecule is C=CCSc1nc2ccccc2n(C(C)=N)c1=N.COC. The molecule has 0 aliphatic heterocycles. The Morgan fingerprint density at radius 2 is 2.05 bits per heavy atom.